The van der Waals surface area contributed by atoms with Gasteiger partial charge in [-0.05, 0) is 30.2 Å². The molecule has 2 unspecified atom stereocenters. The van der Waals surface area contributed by atoms with Crippen molar-refractivity contribution in [2.45, 2.75) is 18.6 Å². The van der Waals surface area contributed by atoms with Gasteiger partial charge in [0.2, 0.25) is 5.88 Å². The lowest BCUT2D eigenvalue weighted by atomic mass is 9.89. The van der Waals surface area contributed by atoms with Crippen molar-refractivity contribution < 1.29 is 9.84 Å². The van der Waals surface area contributed by atoms with E-state index < -0.39 is 6.10 Å². The number of hydrogen-bond acceptors (Lipinski definition) is 4. The average molecular weight is 270 g/mol. The van der Waals surface area contributed by atoms with Crippen molar-refractivity contribution in [2.75, 3.05) is 13.7 Å². The normalized spacial score (nSPS) is 19.2. The van der Waals surface area contributed by atoms with Gasteiger partial charge in [-0.1, -0.05) is 24.3 Å². The summed E-state index contributed by atoms with van der Waals surface area (Å²) < 4.78 is 5.04. The maximum Gasteiger partial charge on any atom is 0.212 e. The Morgan fingerprint density at radius 2 is 2.15 bits per heavy atom. The molecule has 0 radical (unpaired) electrons. The molecule has 104 valence electrons. The van der Waals surface area contributed by atoms with Gasteiger partial charge >= 0.3 is 0 Å². The van der Waals surface area contributed by atoms with Crippen LogP contribution in [0, 0.1) is 0 Å². The zero-order valence-electron chi connectivity index (χ0n) is 11.4. The summed E-state index contributed by atoms with van der Waals surface area (Å²) in [7, 11) is 1.58. The summed E-state index contributed by atoms with van der Waals surface area (Å²) in [5.41, 5.74) is 3.26. The fourth-order valence-corrected chi connectivity index (χ4v) is 2.70. The number of nitrogens with zero attached hydrogens (tertiary/aromatic N) is 1. The van der Waals surface area contributed by atoms with Crippen LogP contribution >= 0.6 is 0 Å². The number of fused-ring (bicyclic) bond motifs is 1. The minimum absolute atomic E-state index is 0.0878. The molecule has 1 aromatic heterocycles. The van der Waals surface area contributed by atoms with Gasteiger partial charge in [0, 0.05) is 17.8 Å². The highest BCUT2D eigenvalue weighted by Crippen LogP contribution is 2.33. The largest absolute Gasteiger partial charge is 0.481 e. The fraction of sp³-hybridized carbons (Fsp3) is 0.312. The second-order valence-electron chi connectivity index (χ2n) is 4.96. The summed E-state index contributed by atoms with van der Waals surface area (Å²) in [6.07, 6.45) is 2.05. The second-order valence-corrected chi connectivity index (χ2v) is 4.96. The number of pyridine rings is 1. The van der Waals surface area contributed by atoms with E-state index >= 15 is 0 Å². The number of aromatic nitrogens is 1. The van der Waals surface area contributed by atoms with E-state index in [9.17, 15) is 5.11 Å². The van der Waals surface area contributed by atoms with Gasteiger partial charge in [-0.3, -0.25) is 0 Å². The molecule has 0 spiro atoms. The molecule has 20 heavy (non-hydrogen) atoms. The van der Waals surface area contributed by atoms with E-state index in [1.165, 1.54) is 11.1 Å². The van der Waals surface area contributed by atoms with Crippen LogP contribution in [0.4, 0.5) is 0 Å². The van der Waals surface area contributed by atoms with Crippen molar-refractivity contribution in [1.82, 2.24) is 10.3 Å². The first kappa shape index (κ1) is 13.1. The number of aliphatic hydroxyl groups excluding tert-OH is 1. The molecule has 2 N–H and O–H groups in total. The zero-order valence-corrected chi connectivity index (χ0v) is 11.4. The summed E-state index contributed by atoms with van der Waals surface area (Å²) in [6, 6.07) is 11.8. The maximum atomic E-state index is 10.6. The van der Waals surface area contributed by atoms with Crippen LogP contribution in [0.2, 0.25) is 0 Å². The number of nitrogens with one attached hydrogen (secondary N) is 1. The third-order valence-electron chi connectivity index (χ3n) is 3.77. The van der Waals surface area contributed by atoms with Gasteiger partial charge in [-0.25, -0.2) is 4.98 Å². The van der Waals surface area contributed by atoms with Crippen LogP contribution in [0.1, 0.15) is 28.8 Å². The maximum absolute atomic E-state index is 10.6. The molecular weight excluding hydrogens is 252 g/mol. The molecule has 2 atom stereocenters. The van der Waals surface area contributed by atoms with E-state index in [1.54, 1.807) is 19.4 Å². The van der Waals surface area contributed by atoms with Gasteiger partial charge < -0.3 is 15.2 Å². The Balaban J connectivity index is 1.89. The van der Waals surface area contributed by atoms with E-state index in [2.05, 4.69) is 22.4 Å². The molecule has 2 heterocycles. The van der Waals surface area contributed by atoms with Crippen LogP contribution < -0.4 is 10.1 Å². The van der Waals surface area contributed by atoms with E-state index in [0.717, 1.165) is 18.5 Å². The lowest BCUT2D eigenvalue weighted by Crippen LogP contribution is -2.33. The SMILES string of the molecule is COc1ccc(C(O)C2NCCc3ccccc32)cn1. The highest BCUT2D eigenvalue weighted by Gasteiger charge is 2.27. The number of aliphatic hydroxyl groups is 1. The van der Waals surface area contributed by atoms with Crippen LogP contribution in [0.15, 0.2) is 42.6 Å². The summed E-state index contributed by atoms with van der Waals surface area (Å²) in [5, 5.41) is 14.0. The molecule has 0 amide bonds. The van der Waals surface area contributed by atoms with Gasteiger partial charge in [-0.2, -0.15) is 0 Å². The van der Waals surface area contributed by atoms with Gasteiger partial charge in [0.25, 0.3) is 0 Å². The number of ether oxygens (including phenoxy) is 1. The average Bonchev–Trinajstić information content (AvgIpc) is 2.54. The Labute approximate surface area is 118 Å². The number of rotatable bonds is 3. The monoisotopic (exact) mass is 270 g/mol. The highest BCUT2D eigenvalue weighted by molar-refractivity contribution is 5.35. The molecule has 0 saturated heterocycles. The summed E-state index contributed by atoms with van der Waals surface area (Å²) in [4.78, 5) is 4.16. The summed E-state index contributed by atoms with van der Waals surface area (Å²) >= 11 is 0. The van der Waals surface area contributed by atoms with E-state index in [-0.39, 0.29) is 6.04 Å². The molecule has 0 fully saturated rings. The Kier molecular flexibility index (Phi) is 3.67. The molecule has 4 nitrogen and oxygen atoms in total. The first-order chi connectivity index (χ1) is 9.79. The molecule has 1 aromatic carbocycles. The molecule has 1 aliphatic rings. The van der Waals surface area contributed by atoms with Gasteiger partial charge in [-0.15, -0.1) is 0 Å². The van der Waals surface area contributed by atoms with Crippen molar-refractivity contribution in [1.29, 1.82) is 0 Å². The smallest absolute Gasteiger partial charge is 0.212 e. The fourth-order valence-electron chi connectivity index (χ4n) is 2.70. The quantitative estimate of drug-likeness (QED) is 0.896. The minimum atomic E-state index is -0.616. The standard InChI is InChI=1S/C16H18N2O2/c1-20-14-7-6-12(10-18-14)16(19)15-13-5-3-2-4-11(13)8-9-17-15/h2-7,10,15-17,19H,8-9H2,1H3. The number of hydrogen-bond donors (Lipinski definition) is 2. The van der Waals surface area contributed by atoms with Gasteiger partial charge in [0.15, 0.2) is 0 Å². The van der Waals surface area contributed by atoms with Crippen LogP contribution in [0.3, 0.4) is 0 Å². The summed E-state index contributed by atoms with van der Waals surface area (Å²) in [6.45, 7) is 0.877. The minimum Gasteiger partial charge on any atom is -0.481 e. The molecule has 0 bridgehead atoms. The van der Waals surface area contributed by atoms with Crippen molar-refractivity contribution in [2.24, 2.45) is 0 Å². The molecule has 1 aliphatic heterocycles. The number of methoxy groups -OCH3 is 1. The van der Waals surface area contributed by atoms with Crippen molar-refractivity contribution in [3.63, 3.8) is 0 Å². The first-order valence-corrected chi connectivity index (χ1v) is 6.79. The van der Waals surface area contributed by atoms with Crippen LogP contribution in [0.5, 0.6) is 5.88 Å². The van der Waals surface area contributed by atoms with Crippen LogP contribution in [-0.4, -0.2) is 23.7 Å². The lowest BCUT2D eigenvalue weighted by Gasteiger charge is -2.30. The van der Waals surface area contributed by atoms with Gasteiger partial charge in [0.1, 0.15) is 0 Å². The Morgan fingerprint density at radius 3 is 2.90 bits per heavy atom. The van der Waals surface area contributed by atoms with Crippen molar-refractivity contribution in [3.05, 3.63) is 59.3 Å². The molecule has 0 aliphatic carbocycles. The lowest BCUT2D eigenvalue weighted by molar-refractivity contribution is 0.125. The molecular formula is C16H18N2O2. The Bertz CT molecular complexity index is 583. The first-order valence-electron chi connectivity index (χ1n) is 6.79. The van der Waals surface area contributed by atoms with E-state index in [1.807, 2.05) is 18.2 Å². The molecule has 3 rings (SSSR count). The van der Waals surface area contributed by atoms with Gasteiger partial charge in [0.05, 0.1) is 19.3 Å². The predicted octanol–water partition coefficient (Wildman–Crippen LogP) is 2.01. The topological polar surface area (TPSA) is 54.4 Å². The van der Waals surface area contributed by atoms with Crippen LogP contribution in [0.25, 0.3) is 0 Å². The van der Waals surface area contributed by atoms with Crippen molar-refractivity contribution in [3.8, 4) is 5.88 Å². The predicted molar refractivity (Wildman–Crippen MR) is 76.6 cm³/mol. The zero-order chi connectivity index (χ0) is 13.9. The van der Waals surface area contributed by atoms with Crippen molar-refractivity contribution >= 4 is 0 Å². The van der Waals surface area contributed by atoms with E-state index in [4.69, 9.17) is 4.74 Å². The summed E-state index contributed by atoms with van der Waals surface area (Å²) in [5.74, 6) is 0.554. The molecule has 2 aromatic rings. The van der Waals surface area contributed by atoms with Crippen LogP contribution in [-0.2, 0) is 6.42 Å². The number of benzene rings is 1. The Hall–Kier alpha value is -1.91. The highest BCUT2D eigenvalue weighted by atomic mass is 16.5. The third kappa shape index (κ3) is 2.40. The third-order valence-corrected chi connectivity index (χ3v) is 3.77. The second kappa shape index (κ2) is 5.61. The molecule has 0 saturated carbocycles. The van der Waals surface area contributed by atoms with E-state index in [0.29, 0.717) is 5.88 Å². The molecule has 4 heteroatoms. The Morgan fingerprint density at radius 1 is 1.30 bits per heavy atom.